The molecule has 0 saturated heterocycles. The number of fused-ring (bicyclic) bond motifs is 1. The highest BCUT2D eigenvalue weighted by Crippen LogP contribution is 2.31. The van der Waals surface area contributed by atoms with Gasteiger partial charge in [0.1, 0.15) is 10.8 Å². The zero-order chi connectivity index (χ0) is 20.8. The third-order valence-electron chi connectivity index (χ3n) is 4.58. The van der Waals surface area contributed by atoms with E-state index in [0.717, 1.165) is 16.2 Å². The monoisotopic (exact) mass is 420 g/mol. The van der Waals surface area contributed by atoms with Crippen molar-refractivity contribution in [2.24, 2.45) is 0 Å². The van der Waals surface area contributed by atoms with Gasteiger partial charge in [-0.1, -0.05) is 48.2 Å². The van der Waals surface area contributed by atoms with Gasteiger partial charge in [-0.15, -0.1) is 0 Å². The largest absolute Gasteiger partial charge is 0.493 e. The Balaban J connectivity index is 1.37. The highest BCUT2D eigenvalue weighted by atomic mass is 32.2. The predicted octanol–water partition coefficient (Wildman–Crippen LogP) is 4.03. The van der Waals surface area contributed by atoms with Gasteiger partial charge in [-0.2, -0.15) is 0 Å². The van der Waals surface area contributed by atoms with E-state index in [2.05, 4.69) is 10.3 Å². The Morgan fingerprint density at radius 2 is 1.87 bits per heavy atom. The molecule has 1 unspecified atom stereocenters. The van der Waals surface area contributed by atoms with Gasteiger partial charge < -0.3 is 14.8 Å². The van der Waals surface area contributed by atoms with E-state index in [1.807, 2.05) is 54.6 Å². The molecule has 1 atom stereocenters. The number of para-hydroxylation sites is 1. The van der Waals surface area contributed by atoms with Crippen LogP contribution < -0.4 is 10.1 Å². The maximum Gasteiger partial charge on any atom is 0.341 e. The molecule has 1 aliphatic rings. The van der Waals surface area contributed by atoms with Crippen LogP contribution in [-0.2, 0) is 9.53 Å². The molecule has 0 radical (unpaired) electrons. The van der Waals surface area contributed by atoms with Crippen LogP contribution in [0, 0.1) is 0 Å². The molecular formula is C23H20N2O4S. The number of pyridine rings is 1. The Labute approximate surface area is 178 Å². The number of amides is 1. The third kappa shape index (κ3) is 4.80. The van der Waals surface area contributed by atoms with Gasteiger partial charge in [-0.3, -0.25) is 4.79 Å². The number of carbonyl (C=O) groups is 2. The number of carbonyl (C=O) groups excluding carboxylic acids is 2. The number of hydrogen-bond donors (Lipinski definition) is 1. The summed E-state index contributed by atoms with van der Waals surface area (Å²) in [6, 6.07) is 20.4. The minimum Gasteiger partial charge on any atom is -0.493 e. The Morgan fingerprint density at radius 1 is 1.07 bits per heavy atom. The molecule has 7 heteroatoms. The molecule has 6 nitrogen and oxygen atoms in total. The third-order valence-corrected chi connectivity index (χ3v) is 5.60. The van der Waals surface area contributed by atoms with E-state index in [4.69, 9.17) is 9.47 Å². The molecule has 1 amide bonds. The van der Waals surface area contributed by atoms with Crippen molar-refractivity contribution in [1.82, 2.24) is 10.3 Å². The zero-order valence-corrected chi connectivity index (χ0v) is 16.9. The molecule has 1 N–H and O–H groups in total. The number of nitrogens with one attached hydrogen (secondary N) is 1. The summed E-state index contributed by atoms with van der Waals surface area (Å²) in [6.07, 6.45) is 2.29. The van der Waals surface area contributed by atoms with E-state index >= 15 is 0 Å². The molecule has 2 aromatic carbocycles. The molecule has 30 heavy (non-hydrogen) atoms. The van der Waals surface area contributed by atoms with Crippen LogP contribution in [0.5, 0.6) is 5.75 Å². The van der Waals surface area contributed by atoms with E-state index in [-0.39, 0.29) is 18.6 Å². The SMILES string of the molecule is O=C(COC(=O)c1cccnc1Sc1ccccc1)NC1CCOc2ccccc21. The topological polar surface area (TPSA) is 77.5 Å². The first-order valence-corrected chi connectivity index (χ1v) is 10.4. The van der Waals surface area contributed by atoms with Crippen molar-refractivity contribution in [2.75, 3.05) is 13.2 Å². The first kappa shape index (κ1) is 20.0. The Bertz CT molecular complexity index is 1040. The Hall–Kier alpha value is -3.32. The Morgan fingerprint density at radius 3 is 2.73 bits per heavy atom. The fourth-order valence-corrected chi connectivity index (χ4v) is 4.06. The maximum atomic E-state index is 12.6. The minimum absolute atomic E-state index is 0.163. The molecule has 0 aliphatic carbocycles. The summed E-state index contributed by atoms with van der Waals surface area (Å²) in [5, 5.41) is 3.45. The molecule has 2 heterocycles. The number of benzene rings is 2. The summed E-state index contributed by atoms with van der Waals surface area (Å²) in [5.41, 5.74) is 1.26. The van der Waals surface area contributed by atoms with Gasteiger partial charge in [0.05, 0.1) is 18.2 Å². The van der Waals surface area contributed by atoms with Crippen molar-refractivity contribution < 1.29 is 19.1 Å². The number of nitrogens with zero attached hydrogens (tertiary/aromatic N) is 1. The number of rotatable bonds is 6. The quantitative estimate of drug-likeness (QED) is 0.607. The molecule has 1 aliphatic heterocycles. The normalized spacial score (nSPS) is 14.9. The lowest BCUT2D eigenvalue weighted by molar-refractivity contribution is -0.125. The summed E-state index contributed by atoms with van der Waals surface area (Å²) < 4.78 is 10.9. The van der Waals surface area contributed by atoms with Gasteiger partial charge in [0.15, 0.2) is 6.61 Å². The van der Waals surface area contributed by atoms with Crippen LogP contribution in [0.1, 0.15) is 28.4 Å². The lowest BCUT2D eigenvalue weighted by Gasteiger charge is -2.26. The summed E-state index contributed by atoms with van der Waals surface area (Å²) in [5.74, 6) is -0.167. The van der Waals surface area contributed by atoms with E-state index < -0.39 is 5.97 Å². The average molecular weight is 420 g/mol. The molecule has 152 valence electrons. The maximum absolute atomic E-state index is 12.6. The smallest absolute Gasteiger partial charge is 0.341 e. The number of ether oxygens (including phenoxy) is 2. The van der Waals surface area contributed by atoms with Crippen molar-refractivity contribution in [3.8, 4) is 5.75 Å². The first-order valence-electron chi connectivity index (χ1n) is 9.57. The molecule has 3 aromatic rings. The standard InChI is InChI=1S/C23H20N2O4S/c26-21(25-19-12-14-28-20-11-5-4-9-17(19)20)15-29-23(27)18-10-6-13-24-22(18)30-16-7-2-1-3-8-16/h1-11,13,19H,12,14-15H2,(H,25,26). The van der Waals surface area contributed by atoms with Crippen molar-refractivity contribution in [3.05, 3.63) is 84.1 Å². The number of aromatic nitrogens is 1. The molecule has 0 saturated carbocycles. The van der Waals surface area contributed by atoms with Gasteiger partial charge in [-0.05, 0) is 30.3 Å². The van der Waals surface area contributed by atoms with Gasteiger partial charge in [-0.25, -0.2) is 9.78 Å². The van der Waals surface area contributed by atoms with Crippen LogP contribution in [-0.4, -0.2) is 30.1 Å². The predicted molar refractivity (Wildman–Crippen MR) is 113 cm³/mol. The van der Waals surface area contributed by atoms with Crippen molar-refractivity contribution in [3.63, 3.8) is 0 Å². The highest BCUT2D eigenvalue weighted by molar-refractivity contribution is 7.99. The van der Waals surface area contributed by atoms with Crippen molar-refractivity contribution in [2.45, 2.75) is 22.4 Å². The zero-order valence-electron chi connectivity index (χ0n) is 16.1. The summed E-state index contributed by atoms with van der Waals surface area (Å²) in [6.45, 7) is 0.167. The van der Waals surface area contributed by atoms with Crippen LogP contribution in [0.4, 0.5) is 0 Å². The summed E-state index contributed by atoms with van der Waals surface area (Å²) >= 11 is 1.37. The highest BCUT2D eigenvalue weighted by Gasteiger charge is 2.23. The average Bonchev–Trinajstić information content (AvgIpc) is 2.79. The number of esters is 1. The van der Waals surface area contributed by atoms with E-state index in [1.54, 1.807) is 18.3 Å². The molecule has 1 aromatic heterocycles. The second-order valence-corrected chi connectivity index (χ2v) is 7.70. The number of hydrogen-bond acceptors (Lipinski definition) is 6. The molecule has 0 fully saturated rings. The van der Waals surface area contributed by atoms with Crippen molar-refractivity contribution in [1.29, 1.82) is 0 Å². The van der Waals surface area contributed by atoms with Crippen LogP contribution in [0.3, 0.4) is 0 Å². The van der Waals surface area contributed by atoms with Crippen molar-refractivity contribution >= 4 is 23.6 Å². The van der Waals surface area contributed by atoms with Crippen LogP contribution in [0.25, 0.3) is 0 Å². The Kier molecular flexibility index (Phi) is 6.29. The fraction of sp³-hybridized carbons (Fsp3) is 0.174. The van der Waals surface area contributed by atoms with Crippen LogP contribution >= 0.6 is 11.8 Å². The summed E-state index contributed by atoms with van der Waals surface area (Å²) in [4.78, 5) is 30.2. The second-order valence-electron chi connectivity index (χ2n) is 6.64. The minimum atomic E-state index is -0.580. The molecule has 4 rings (SSSR count). The molecule has 0 spiro atoms. The lowest BCUT2D eigenvalue weighted by atomic mass is 10.0. The van der Waals surface area contributed by atoms with E-state index in [0.29, 0.717) is 23.6 Å². The fourth-order valence-electron chi connectivity index (χ4n) is 3.16. The van der Waals surface area contributed by atoms with Gasteiger partial charge >= 0.3 is 5.97 Å². The van der Waals surface area contributed by atoms with E-state index in [1.165, 1.54) is 11.8 Å². The lowest BCUT2D eigenvalue weighted by Crippen LogP contribution is -2.35. The molecule has 0 bridgehead atoms. The van der Waals surface area contributed by atoms with Gasteiger partial charge in [0.25, 0.3) is 5.91 Å². The van der Waals surface area contributed by atoms with Crippen LogP contribution in [0.2, 0.25) is 0 Å². The second kappa shape index (κ2) is 9.45. The molecular weight excluding hydrogens is 400 g/mol. The van der Waals surface area contributed by atoms with Crippen LogP contribution in [0.15, 0.2) is 82.8 Å². The summed E-state index contributed by atoms with van der Waals surface area (Å²) in [7, 11) is 0. The van der Waals surface area contributed by atoms with Gasteiger partial charge in [0.2, 0.25) is 0 Å². The first-order chi connectivity index (χ1) is 14.7. The van der Waals surface area contributed by atoms with Gasteiger partial charge in [0, 0.05) is 23.1 Å². The van der Waals surface area contributed by atoms with E-state index in [9.17, 15) is 9.59 Å².